The normalized spacial score (nSPS) is 18.8. The summed E-state index contributed by atoms with van der Waals surface area (Å²) in [7, 11) is 0. The van der Waals surface area contributed by atoms with Crippen LogP contribution in [-0.2, 0) is 11.2 Å². The molecule has 0 saturated carbocycles. The zero-order chi connectivity index (χ0) is 15.9. The van der Waals surface area contributed by atoms with Gasteiger partial charge in [0.05, 0.1) is 0 Å². The van der Waals surface area contributed by atoms with E-state index in [1.807, 2.05) is 38.1 Å². The first kappa shape index (κ1) is 14.6. The van der Waals surface area contributed by atoms with Crippen LogP contribution in [0, 0.1) is 11.2 Å². The fourth-order valence-corrected chi connectivity index (χ4v) is 3.22. The van der Waals surface area contributed by atoms with E-state index in [0.717, 1.165) is 23.1 Å². The minimum atomic E-state index is -0.774. The van der Waals surface area contributed by atoms with E-state index in [9.17, 15) is 9.18 Å². The van der Waals surface area contributed by atoms with Crippen molar-refractivity contribution in [2.24, 2.45) is 11.1 Å². The molecule has 0 bridgehead atoms. The molecular weight excluding hydrogens is 281 g/mol. The van der Waals surface area contributed by atoms with E-state index >= 15 is 0 Å². The molecule has 2 N–H and O–H groups in total. The summed E-state index contributed by atoms with van der Waals surface area (Å²) in [4.78, 5) is 11.1. The van der Waals surface area contributed by atoms with Crippen molar-refractivity contribution in [1.29, 1.82) is 0 Å². The number of rotatable bonds is 2. The lowest BCUT2D eigenvalue weighted by Crippen LogP contribution is -2.25. The molecule has 0 aromatic heterocycles. The zero-order valence-electron chi connectivity index (χ0n) is 12.6. The van der Waals surface area contributed by atoms with Crippen LogP contribution in [0.4, 0.5) is 9.18 Å². The molecule has 2 aromatic carbocycles. The van der Waals surface area contributed by atoms with Crippen LogP contribution in [-0.4, -0.2) is 6.09 Å². The van der Waals surface area contributed by atoms with Crippen molar-refractivity contribution in [3.63, 3.8) is 0 Å². The van der Waals surface area contributed by atoms with Gasteiger partial charge in [0.2, 0.25) is 0 Å². The van der Waals surface area contributed by atoms with Gasteiger partial charge >= 0.3 is 6.09 Å². The van der Waals surface area contributed by atoms with Crippen molar-refractivity contribution < 1.29 is 13.9 Å². The predicted octanol–water partition coefficient (Wildman–Crippen LogP) is 4.21. The number of carbonyl (C=O) groups excluding carboxylic acids is 1. The molecule has 114 valence electrons. The molecule has 1 aliphatic rings. The van der Waals surface area contributed by atoms with E-state index in [1.54, 1.807) is 12.1 Å². The smallest absolute Gasteiger partial charge is 0.405 e. The number of fused-ring (bicyclic) bond motifs is 1. The molecule has 0 saturated heterocycles. The Morgan fingerprint density at radius 1 is 1.27 bits per heavy atom. The number of benzene rings is 2. The van der Waals surface area contributed by atoms with Crippen molar-refractivity contribution >= 4 is 6.09 Å². The summed E-state index contributed by atoms with van der Waals surface area (Å²) >= 11 is 0. The summed E-state index contributed by atoms with van der Waals surface area (Å²) in [5, 5.41) is 0. The third kappa shape index (κ3) is 2.45. The second-order valence-corrected chi connectivity index (χ2v) is 6.38. The van der Waals surface area contributed by atoms with Crippen molar-refractivity contribution in [2.75, 3.05) is 0 Å². The Morgan fingerprint density at radius 3 is 2.68 bits per heavy atom. The third-order valence-electron chi connectivity index (χ3n) is 4.20. The van der Waals surface area contributed by atoms with Crippen molar-refractivity contribution in [1.82, 2.24) is 0 Å². The van der Waals surface area contributed by atoms with Gasteiger partial charge in [-0.05, 0) is 29.2 Å². The number of primary amides is 1. The monoisotopic (exact) mass is 299 g/mol. The number of nitrogens with two attached hydrogens (primary N) is 1. The Labute approximate surface area is 128 Å². The van der Waals surface area contributed by atoms with E-state index in [1.165, 1.54) is 6.07 Å². The molecule has 2 aromatic rings. The number of ether oxygens (including phenoxy) is 1. The Morgan fingerprint density at radius 2 is 2.00 bits per heavy atom. The highest BCUT2D eigenvalue weighted by molar-refractivity contribution is 5.68. The molecule has 4 heteroatoms. The fourth-order valence-electron chi connectivity index (χ4n) is 3.22. The van der Waals surface area contributed by atoms with E-state index in [2.05, 4.69) is 0 Å². The Balaban J connectivity index is 2.03. The van der Waals surface area contributed by atoms with Gasteiger partial charge in [-0.1, -0.05) is 50.2 Å². The first-order valence-electron chi connectivity index (χ1n) is 7.22. The minimum Gasteiger partial charge on any atom is -0.441 e. The summed E-state index contributed by atoms with van der Waals surface area (Å²) in [6, 6.07) is 12.4. The number of amides is 1. The van der Waals surface area contributed by atoms with Crippen LogP contribution in [0.3, 0.4) is 0 Å². The molecule has 1 unspecified atom stereocenters. The number of halogens is 1. The molecule has 0 spiro atoms. The van der Waals surface area contributed by atoms with Gasteiger partial charge in [-0.3, -0.25) is 0 Å². The maximum absolute atomic E-state index is 13.9. The third-order valence-corrected chi connectivity index (χ3v) is 4.20. The summed E-state index contributed by atoms with van der Waals surface area (Å²) in [6.07, 6.45) is -0.387. The molecule has 22 heavy (non-hydrogen) atoms. The minimum absolute atomic E-state index is 0.231. The van der Waals surface area contributed by atoms with Crippen LogP contribution in [0.15, 0.2) is 42.5 Å². The maximum atomic E-state index is 13.9. The molecule has 1 aliphatic carbocycles. The van der Waals surface area contributed by atoms with Crippen LogP contribution in [0.1, 0.15) is 31.1 Å². The molecule has 0 radical (unpaired) electrons. The molecule has 0 aliphatic heterocycles. The van der Waals surface area contributed by atoms with Crippen LogP contribution in [0.2, 0.25) is 0 Å². The zero-order valence-corrected chi connectivity index (χ0v) is 12.6. The Bertz CT molecular complexity index is 740. The van der Waals surface area contributed by atoms with Crippen molar-refractivity contribution in [2.45, 2.75) is 26.4 Å². The van der Waals surface area contributed by atoms with Gasteiger partial charge in [0.25, 0.3) is 0 Å². The highest BCUT2D eigenvalue weighted by atomic mass is 19.1. The molecule has 0 fully saturated rings. The first-order valence-corrected chi connectivity index (χ1v) is 7.22. The van der Waals surface area contributed by atoms with Gasteiger partial charge in [-0.2, -0.15) is 0 Å². The SMILES string of the molecule is CC1(C)Cc2cc(-c3ccccc3F)ccc2C1OC(N)=O. The number of hydrogen-bond donors (Lipinski definition) is 1. The average molecular weight is 299 g/mol. The highest BCUT2D eigenvalue weighted by Crippen LogP contribution is 2.48. The van der Waals surface area contributed by atoms with Crippen LogP contribution in [0.5, 0.6) is 0 Å². The summed E-state index contributed by atoms with van der Waals surface area (Å²) in [6.45, 7) is 4.06. The molecule has 3 rings (SSSR count). The predicted molar refractivity (Wildman–Crippen MR) is 82.7 cm³/mol. The Hall–Kier alpha value is -2.36. The molecular formula is C18H18FNO2. The molecule has 1 amide bonds. The lowest BCUT2D eigenvalue weighted by atomic mass is 9.87. The van der Waals surface area contributed by atoms with Crippen LogP contribution >= 0.6 is 0 Å². The quantitative estimate of drug-likeness (QED) is 0.903. The second-order valence-electron chi connectivity index (χ2n) is 6.38. The van der Waals surface area contributed by atoms with E-state index in [0.29, 0.717) is 5.56 Å². The largest absolute Gasteiger partial charge is 0.441 e. The van der Waals surface area contributed by atoms with E-state index in [4.69, 9.17) is 10.5 Å². The first-order chi connectivity index (χ1) is 10.4. The average Bonchev–Trinajstić information content (AvgIpc) is 2.69. The molecule has 3 nitrogen and oxygen atoms in total. The second kappa shape index (κ2) is 5.13. The van der Waals surface area contributed by atoms with Gasteiger partial charge in [-0.25, -0.2) is 9.18 Å². The van der Waals surface area contributed by atoms with Gasteiger partial charge in [0, 0.05) is 11.0 Å². The maximum Gasteiger partial charge on any atom is 0.405 e. The lowest BCUT2D eigenvalue weighted by molar-refractivity contribution is 0.0392. The van der Waals surface area contributed by atoms with Gasteiger partial charge in [-0.15, -0.1) is 0 Å². The molecule has 1 atom stereocenters. The number of carbonyl (C=O) groups is 1. The standard InChI is InChI=1S/C18H18FNO2/c1-18(2)10-12-9-11(13-5-3-4-6-15(13)19)7-8-14(12)16(18)22-17(20)21/h3-9,16H,10H2,1-2H3,(H2,20,21). The van der Waals surface area contributed by atoms with E-state index in [-0.39, 0.29) is 17.3 Å². The van der Waals surface area contributed by atoms with Crippen LogP contribution < -0.4 is 5.73 Å². The van der Waals surface area contributed by atoms with Crippen molar-refractivity contribution in [3.8, 4) is 11.1 Å². The van der Waals surface area contributed by atoms with Crippen LogP contribution in [0.25, 0.3) is 11.1 Å². The number of hydrogen-bond acceptors (Lipinski definition) is 2. The fraction of sp³-hybridized carbons (Fsp3) is 0.278. The van der Waals surface area contributed by atoms with Gasteiger partial charge in [0.15, 0.2) is 0 Å². The van der Waals surface area contributed by atoms with Crippen molar-refractivity contribution in [3.05, 3.63) is 59.4 Å². The summed E-state index contributed by atoms with van der Waals surface area (Å²) in [5.41, 5.74) is 8.36. The van der Waals surface area contributed by atoms with Gasteiger partial charge in [0.1, 0.15) is 11.9 Å². The topological polar surface area (TPSA) is 52.3 Å². The lowest BCUT2D eigenvalue weighted by Gasteiger charge is -2.26. The summed E-state index contributed by atoms with van der Waals surface area (Å²) in [5.74, 6) is -0.246. The van der Waals surface area contributed by atoms with E-state index < -0.39 is 6.09 Å². The highest BCUT2D eigenvalue weighted by Gasteiger charge is 2.41. The van der Waals surface area contributed by atoms with Gasteiger partial charge < -0.3 is 10.5 Å². The summed E-state index contributed by atoms with van der Waals surface area (Å²) < 4.78 is 19.2. The Kier molecular flexibility index (Phi) is 3.39. The molecule has 0 heterocycles.